The van der Waals surface area contributed by atoms with Crippen LogP contribution in [0, 0.1) is 0 Å². The molecule has 0 aliphatic heterocycles. The number of anilines is 3. The molecule has 0 fully saturated rings. The number of aromatic hydroxyl groups is 5. The quantitative estimate of drug-likeness (QED) is 0.0882. The number of phenols is 5. The number of aryl methyl sites for hydroxylation is 1. The van der Waals surface area contributed by atoms with Crippen LogP contribution in [0.5, 0.6) is 28.7 Å². The Hall–Kier alpha value is -6.34. The first-order chi connectivity index (χ1) is 23.3. The van der Waals surface area contributed by atoms with Crippen molar-refractivity contribution >= 4 is 44.9 Å². The van der Waals surface area contributed by atoms with E-state index in [2.05, 4.69) is 77.4 Å². The van der Waals surface area contributed by atoms with E-state index < -0.39 is 28.7 Å². The maximum absolute atomic E-state index is 11.1. The van der Waals surface area contributed by atoms with Gasteiger partial charge in [0.05, 0.1) is 16.7 Å². The molecule has 1 aromatic heterocycles. The fraction of sp³-hybridized carbons (Fsp3) is 0.0732. The molecule has 1 heterocycles. The fourth-order valence-electron chi connectivity index (χ4n) is 6.54. The number of benzene rings is 6. The third kappa shape index (κ3) is 4.84. The Labute approximate surface area is 277 Å². The van der Waals surface area contributed by atoms with Crippen molar-refractivity contribution in [3.05, 3.63) is 132 Å². The van der Waals surface area contributed by atoms with Gasteiger partial charge in [0.1, 0.15) is 5.69 Å². The Morgan fingerprint density at radius 1 is 0.583 bits per heavy atom. The molecule has 0 amide bonds. The van der Waals surface area contributed by atoms with E-state index in [1.165, 1.54) is 10.8 Å². The molecular weight excluding hydrogens is 600 g/mol. The highest BCUT2D eigenvalue weighted by Crippen LogP contribution is 2.58. The smallest absolute Gasteiger partial charge is 0.208 e. The molecule has 7 heteroatoms. The molecule has 0 saturated heterocycles. The first-order valence-corrected chi connectivity index (χ1v) is 15.8. The van der Waals surface area contributed by atoms with Crippen LogP contribution in [-0.4, -0.2) is 30.1 Å². The van der Waals surface area contributed by atoms with Crippen molar-refractivity contribution in [2.45, 2.75) is 20.3 Å². The van der Waals surface area contributed by atoms with E-state index in [1.54, 1.807) is 4.90 Å². The van der Waals surface area contributed by atoms with Crippen molar-refractivity contribution in [1.82, 2.24) is 4.57 Å². The second-order valence-corrected chi connectivity index (χ2v) is 11.6. The zero-order valence-corrected chi connectivity index (χ0v) is 26.5. The Morgan fingerprint density at radius 2 is 1.10 bits per heavy atom. The Bertz CT molecular complexity index is 2260. The van der Waals surface area contributed by atoms with Gasteiger partial charge in [-0.15, -0.1) is 0 Å². The lowest BCUT2D eigenvalue weighted by Crippen LogP contribution is -2.13. The third-order valence-corrected chi connectivity index (χ3v) is 8.86. The van der Waals surface area contributed by atoms with Gasteiger partial charge in [-0.05, 0) is 72.5 Å². The lowest BCUT2D eigenvalue weighted by atomic mass is 9.99. The second kappa shape index (κ2) is 12.1. The van der Waals surface area contributed by atoms with E-state index in [9.17, 15) is 25.5 Å². The molecule has 0 spiro atoms. The Kier molecular flexibility index (Phi) is 7.65. The van der Waals surface area contributed by atoms with E-state index in [1.807, 2.05) is 68.5 Å². The first kappa shape index (κ1) is 30.3. The highest BCUT2D eigenvalue weighted by atomic mass is 16.4. The summed E-state index contributed by atoms with van der Waals surface area (Å²) in [6.07, 6.45) is 4.55. The summed E-state index contributed by atoms with van der Waals surface area (Å²) in [6.45, 7) is 3.93. The van der Waals surface area contributed by atoms with Crippen LogP contribution in [0.3, 0.4) is 0 Å². The van der Waals surface area contributed by atoms with Crippen LogP contribution in [-0.2, 0) is 6.42 Å². The molecule has 7 aromatic rings. The molecule has 0 aliphatic rings. The van der Waals surface area contributed by atoms with E-state index in [0.717, 1.165) is 45.4 Å². The zero-order valence-electron chi connectivity index (χ0n) is 26.5. The number of hydrogen-bond acceptors (Lipinski definition) is 6. The van der Waals surface area contributed by atoms with Gasteiger partial charge in [-0.2, -0.15) is 0 Å². The van der Waals surface area contributed by atoms with Crippen LogP contribution in [0.25, 0.3) is 44.7 Å². The maximum Gasteiger partial charge on any atom is 0.208 e. The van der Waals surface area contributed by atoms with Crippen molar-refractivity contribution in [2.75, 3.05) is 4.90 Å². The van der Waals surface area contributed by atoms with Crippen LogP contribution < -0.4 is 4.90 Å². The molecule has 7 rings (SSSR count). The van der Waals surface area contributed by atoms with Crippen molar-refractivity contribution in [2.24, 2.45) is 0 Å². The number of hydrogen-bond donors (Lipinski definition) is 5. The van der Waals surface area contributed by atoms with E-state index in [-0.39, 0.29) is 5.69 Å². The van der Waals surface area contributed by atoms with Crippen LogP contribution >= 0.6 is 0 Å². The normalized spacial score (nSPS) is 11.5. The molecule has 0 saturated carbocycles. The number of phenolic OH excluding ortho intramolecular Hbond substituents is 5. The highest BCUT2D eigenvalue weighted by Gasteiger charge is 2.30. The zero-order chi connectivity index (χ0) is 33.5. The highest BCUT2D eigenvalue weighted by molar-refractivity contribution is 6.09. The number of nitrogens with zero attached hydrogens (tertiary/aromatic N) is 2. The van der Waals surface area contributed by atoms with Crippen molar-refractivity contribution < 1.29 is 25.5 Å². The van der Waals surface area contributed by atoms with Gasteiger partial charge in [-0.25, -0.2) is 0 Å². The van der Waals surface area contributed by atoms with Gasteiger partial charge in [0.2, 0.25) is 17.2 Å². The lowest BCUT2D eigenvalue weighted by molar-refractivity contribution is 0.329. The van der Waals surface area contributed by atoms with Crippen molar-refractivity contribution in [3.8, 4) is 45.6 Å². The molecule has 0 radical (unpaired) electrons. The summed E-state index contributed by atoms with van der Waals surface area (Å²) in [7, 11) is 0. The fourth-order valence-corrected chi connectivity index (χ4v) is 6.54. The number of allylic oxidation sites excluding steroid dienone is 1. The monoisotopic (exact) mass is 634 g/mol. The molecule has 0 unspecified atom stereocenters. The third-order valence-electron chi connectivity index (χ3n) is 8.86. The van der Waals surface area contributed by atoms with Gasteiger partial charge in [0.25, 0.3) is 0 Å². The summed E-state index contributed by atoms with van der Waals surface area (Å²) in [6, 6.07) is 38.4. The largest absolute Gasteiger partial charge is 0.503 e. The van der Waals surface area contributed by atoms with E-state index in [0.29, 0.717) is 11.4 Å². The maximum atomic E-state index is 11.1. The molecule has 0 bridgehead atoms. The average Bonchev–Trinajstić information content (AvgIpc) is 3.47. The number of aromatic nitrogens is 1. The van der Waals surface area contributed by atoms with Crippen LogP contribution in [0.4, 0.5) is 17.1 Å². The standard InChI is InChI=1S/C41H34N2O5/c1-3-10-30-25(4-2)11-9-16-33(30)43(36-37(44)39(46)41(48)40(47)38(36)45)29-23-19-27(20-24-29)26-17-21-28(22-18-26)42-34-14-7-5-12-31(34)32-13-6-8-15-35(32)42/h3,5-24,44-48H,4H2,1-2H3/b10-3-. The molecular formula is C41H34N2O5. The van der Waals surface area contributed by atoms with Gasteiger partial charge in [0.15, 0.2) is 11.5 Å². The SMILES string of the molecule is C/C=C\c1c(CC)cccc1N(c1ccc(-c2ccc(-n3c4ccccc4c4ccccc43)cc2)cc1)c1c(O)c(O)c(O)c(O)c1O. The lowest BCUT2D eigenvalue weighted by Gasteiger charge is -2.29. The predicted molar refractivity (Wildman–Crippen MR) is 193 cm³/mol. The topological polar surface area (TPSA) is 109 Å². The number of fused-ring (bicyclic) bond motifs is 3. The summed E-state index contributed by atoms with van der Waals surface area (Å²) in [5.74, 6) is -4.44. The molecule has 48 heavy (non-hydrogen) atoms. The van der Waals surface area contributed by atoms with Crippen LogP contribution in [0.2, 0.25) is 0 Å². The Balaban J connectivity index is 1.33. The summed E-state index contributed by atoms with van der Waals surface area (Å²) in [5.41, 5.74) is 7.95. The van der Waals surface area contributed by atoms with E-state index in [4.69, 9.17) is 0 Å². The molecule has 0 aliphatic carbocycles. The molecule has 5 N–H and O–H groups in total. The number of para-hydroxylation sites is 2. The first-order valence-electron chi connectivity index (χ1n) is 15.8. The van der Waals surface area contributed by atoms with Gasteiger partial charge in [-0.1, -0.05) is 91.9 Å². The van der Waals surface area contributed by atoms with Crippen molar-refractivity contribution in [1.29, 1.82) is 0 Å². The molecule has 7 nitrogen and oxygen atoms in total. The minimum absolute atomic E-state index is 0.273. The minimum Gasteiger partial charge on any atom is -0.503 e. The summed E-state index contributed by atoms with van der Waals surface area (Å²) >= 11 is 0. The second-order valence-electron chi connectivity index (χ2n) is 11.6. The van der Waals surface area contributed by atoms with Gasteiger partial charge in [0, 0.05) is 27.7 Å². The van der Waals surface area contributed by atoms with E-state index >= 15 is 0 Å². The summed E-state index contributed by atoms with van der Waals surface area (Å²) < 4.78 is 2.27. The Morgan fingerprint density at radius 3 is 1.65 bits per heavy atom. The van der Waals surface area contributed by atoms with Crippen molar-refractivity contribution in [3.63, 3.8) is 0 Å². The predicted octanol–water partition coefficient (Wildman–Crippen LogP) is 10.0. The molecule has 238 valence electrons. The van der Waals surface area contributed by atoms with Gasteiger partial charge >= 0.3 is 0 Å². The minimum atomic E-state index is -1.01. The van der Waals surface area contributed by atoms with Gasteiger partial charge in [-0.3, -0.25) is 0 Å². The molecule has 6 aromatic carbocycles. The summed E-state index contributed by atoms with van der Waals surface area (Å²) in [4.78, 5) is 1.56. The average molecular weight is 635 g/mol. The number of rotatable bonds is 7. The van der Waals surface area contributed by atoms with Crippen LogP contribution in [0.1, 0.15) is 25.0 Å². The van der Waals surface area contributed by atoms with Gasteiger partial charge < -0.3 is 35.0 Å². The summed E-state index contributed by atoms with van der Waals surface area (Å²) in [5, 5.41) is 55.6. The van der Waals surface area contributed by atoms with Crippen LogP contribution in [0.15, 0.2) is 121 Å². The molecule has 0 atom stereocenters.